The van der Waals surface area contributed by atoms with Crippen LogP contribution in [0.1, 0.15) is 12.8 Å². The summed E-state index contributed by atoms with van der Waals surface area (Å²) in [4.78, 5) is 1.81. The molecular weight excluding hydrogens is 300 g/mol. The van der Waals surface area contributed by atoms with Gasteiger partial charge in [0.25, 0.3) is 0 Å². The second kappa shape index (κ2) is 5.42. The Labute approximate surface area is 124 Å². The number of nitrogen functional groups attached to an aromatic ring is 1. The summed E-state index contributed by atoms with van der Waals surface area (Å²) in [5.41, 5.74) is 5.58. The number of aromatic hydroxyl groups is 1. The highest BCUT2D eigenvalue weighted by molar-refractivity contribution is 7.92. The van der Waals surface area contributed by atoms with Gasteiger partial charge in [-0.1, -0.05) is 11.6 Å². The molecule has 1 aliphatic carbocycles. The van der Waals surface area contributed by atoms with Gasteiger partial charge in [-0.2, -0.15) is 0 Å². The second-order valence-corrected chi connectivity index (χ2v) is 8.15. The van der Waals surface area contributed by atoms with Gasteiger partial charge in [-0.15, -0.1) is 0 Å². The van der Waals surface area contributed by atoms with Crippen LogP contribution >= 0.6 is 11.6 Å². The summed E-state index contributed by atoms with van der Waals surface area (Å²) in [6.07, 6.45) is 1.18. The number of phenols is 1. The molecule has 0 amide bonds. The molecule has 7 heteroatoms. The average molecular weight is 319 g/mol. The molecule has 1 aromatic carbocycles. The smallest absolute Gasteiger partial charge is 0.186 e. The van der Waals surface area contributed by atoms with E-state index < -0.39 is 20.8 Å². The Kier molecular flexibility index (Phi) is 4.18. The van der Waals surface area contributed by atoms with E-state index in [0.717, 1.165) is 6.54 Å². The van der Waals surface area contributed by atoms with E-state index in [9.17, 15) is 13.5 Å². The predicted octanol–water partition coefficient (Wildman–Crippen LogP) is 1.74. The third-order valence-electron chi connectivity index (χ3n) is 3.65. The maximum atomic E-state index is 12.5. The predicted molar refractivity (Wildman–Crippen MR) is 79.8 cm³/mol. The summed E-state index contributed by atoms with van der Waals surface area (Å²) < 4.78 is 25.1. The van der Waals surface area contributed by atoms with Gasteiger partial charge in [0, 0.05) is 6.54 Å². The lowest BCUT2D eigenvalue weighted by molar-refractivity contribution is 0.232. The van der Waals surface area contributed by atoms with Crippen molar-refractivity contribution in [2.45, 2.75) is 23.0 Å². The first-order chi connectivity index (χ1) is 9.23. The minimum Gasteiger partial charge on any atom is -0.504 e. The van der Waals surface area contributed by atoms with Gasteiger partial charge in [-0.05, 0) is 45.0 Å². The average Bonchev–Trinajstić information content (AvgIpc) is 2.27. The third-order valence-corrected chi connectivity index (χ3v) is 6.33. The Morgan fingerprint density at radius 2 is 2.00 bits per heavy atom. The van der Waals surface area contributed by atoms with Crippen molar-refractivity contribution in [3.8, 4) is 5.75 Å². The Morgan fingerprint density at radius 1 is 1.40 bits per heavy atom. The van der Waals surface area contributed by atoms with E-state index in [2.05, 4.69) is 0 Å². The molecule has 3 N–H and O–H groups in total. The highest BCUT2D eigenvalue weighted by atomic mass is 35.5. The highest BCUT2D eigenvalue weighted by Crippen LogP contribution is 2.43. The van der Waals surface area contributed by atoms with E-state index in [1.807, 2.05) is 19.0 Å². The van der Waals surface area contributed by atoms with Gasteiger partial charge in [0.05, 0.1) is 16.0 Å². The Morgan fingerprint density at radius 3 is 2.55 bits per heavy atom. The lowest BCUT2D eigenvalue weighted by atomic mass is 9.84. The first kappa shape index (κ1) is 15.4. The molecule has 0 aliphatic heterocycles. The fourth-order valence-electron chi connectivity index (χ4n) is 2.59. The number of hydrogen-bond donors (Lipinski definition) is 2. The number of rotatable bonds is 4. The highest BCUT2D eigenvalue weighted by Gasteiger charge is 2.41. The van der Waals surface area contributed by atoms with Gasteiger partial charge in [-0.25, -0.2) is 8.42 Å². The van der Waals surface area contributed by atoms with Crippen LogP contribution in [-0.4, -0.2) is 44.3 Å². The minimum atomic E-state index is -3.64. The molecular formula is C13H19ClN2O3S. The molecule has 0 radical (unpaired) electrons. The first-order valence-corrected chi connectivity index (χ1v) is 8.31. The van der Waals surface area contributed by atoms with Crippen LogP contribution in [-0.2, 0) is 9.84 Å². The Balaban J connectivity index is 2.24. The Hall–Kier alpha value is -0.980. The quantitative estimate of drug-likeness (QED) is 0.652. The maximum Gasteiger partial charge on any atom is 0.186 e. The van der Waals surface area contributed by atoms with Gasteiger partial charge in [-0.3, -0.25) is 0 Å². The summed E-state index contributed by atoms with van der Waals surface area (Å²) in [7, 11) is 0.286. The molecule has 0 atom stereocenters. The van der Waals surface area contributed by atoms with E-state index >= 15 is 0 Å². The van der Waals surface area contributed by atoms with Gasteiger partial charge >= 0.3 is 0 Å². The van der Waals surface area contributed by atoms with Crippen LogP contribution in [0.2, 0.25) is 5.02 Å². The van der Waals surface area contributed by atoms with Crippen molar-refractivity contribution in [1.82, 2.24) is 4.90 Å². The monoisotopic (exact) mass is 318 g/mol. The molecule has 0 aromatic heterocycles. The fraction of sp³-hybridized carbons (Fsp3) is 0.538. The first-order valence-electron chi connectivity index (χ1n) is 6.39. The van der Waals surface area contributed by atoms with E-state index in [1.54, 1.807) is 0 Å². The van der Waals surface area contributed by atoms with Crippen LogP contribution in [0.5, 0.6) is 5.75 Å². The molecule has 0 bridgehead atoms. The number of sulfone groups is 1. The van der Waals surface area contributed by atoms with E-state index in [1.165, 1.54) is 12.1 Å². The van der Waals surface area contributed by atoms with Crippen LogP contribution in [0.25, 0.3) is 0 Å². The molecule has 1 fully saturated rings. The molecule has 5 nitrogen and oxygen atoms in total. The molecule has 2 rings (SSSR count). The zero-order chi connectivity index (χ0) is 15.1. The van der Waals surface area contributed by atoms with Crippen molar-refractivity contribution >= 4 is 27.1 Å². The van der Waals surface area contributed by atoms with E-state index in [0.29, 0.717) is 18.8 Å². The summed E-state index contributed by atoms with van der Waals surface area (Å²) in [5, 5.41) is 9.43. The fourth-order valence-corrected chi connectivity index (χ4v) is 5.18. The Bertz CT molecular complexity index is 610. The van der Waals surface area contributed by atoms with Crippen LogP contribution < -0.4 is 5.73 Å². The number of halogens is 1. The minimum absolute atomic E-state index is 0.0211. The number of nitrogens with zero attached hydrogens (tertiary/aromatic N) is 1. The van der Waals surface area contributed by atoms with Crippen LogP contribution in [0.3, 0.4) is 0 Å². The summed E-state index contributed by atoms with van der Waals surface area (Å²) in [6.45, 7) is 0.864. The number of benzene rings is 1. The largest absolute Gasteiger partial charge is 0.504 e. The van der Waals surface area contributed by atoms with E-state index in [4.69, 9.17) is 17.3 Å². The van der Waals surface area contributed by atoms with Crippen molar-refractivity contribution < 1.29 is 13.5 Å². The van der Waals surface area contributed by atoms with Gasteiger partial charge in [0.1, 0.15) is 4.90 Å². The zero-order valence-electron chi connectivity index (χ0n) is 11.5. The van der Waals surface area contributed by atoms with Crippen molar-refractivity contribution in [1.29, 1.82) is 0 Å². The summed E-state index contributed by atoms with van der Waals surface area (Å²) in [6, 6.07) is 2.80. The molecule has 0 spiro atoms. The lowest BCUT2D eigenvalue weighted by Gasteiger charge is -2.36. The number of anilines is 1. The standard InChI is InChI=1S/C13H19ClN2O3S/c1-16(2)7-8-5-9(6-8)20(18,19)13-10(14)3-4-11(15)12(13)17/h3-4,8-9,17H,5-7,15H2,1-2H3/t8-,9-. The van der Waals surface area contributed by atoms with Crippen LogP contribution in [0.4, 0.5) is 5.69 Å². The number of phenolic OH excluding ortho intramolecular Hbond substituents is 1. The topological polar surface area (TPSA) is 83.6 Å². The van der Waals surface area contributed by atoms with Crippen molar-refractivity contribution in [3.05, 3.63) is 17.2 Å². The molecule has 0 unspecified atom stereocenters. The molecule has 1 aromatic rings. The second-order valence-electron chi connectivity index (χ2n) is 5.58. The maximum absolute atomic E-state index is 12.5. The van der Waals surface area contributed by atoms with Crippen molar-refractivity contribution in [2.75, 3.05) is 26.4 Å². The van der Waals surface area contributed by atoms with Gasteiger partial charge in [0.2, 0.25) is 0 Å². The molecule has 1 aliphatic rings. The third kappa shape index (κ3) is 2.73. The number of nitrogens with two attached hydrogens (primary N) is 1. The summed E-state index contributed by atoms with van der Waals surface area (Å²) >= 11 is 5.93. The van der Waals surface area contributed by atoms with Gasteiger partial charge in [0.15, 0.2) is 15.6 Å². The molecule has 20 heavy (non-hydrogen) atoms. The van der Waals surface area contributed by atoms with Crippen LogP contribution in [0, 0.1) is 5.92 Å². The molecule has 1 saturated carbocycles. The molecule has 112 valence electrons. The lowest BCUT2D eigenvalue weighted by Crippen LogP contribution is -2.40. The van der Waals surface area contributed by atoms with Crippen molar-refractivity contribution in [3.63, 3.8) is 0 Å². The van der Waals surface area contributed by atoms with Gasteiger partial charge < -0.3 is 15.7 Å². The molecule has 0 heterocycles. The van der Waals surface area contributed by atoms with E-state index in [-0.39, 0.29) is 15.6 Å². The SMILES string of the molecule is CN(C)C[C@H]1C[C@H](S(=O)(=O)c2c(Cl)ccc(N)c2O)C1. The molecule has 0 saturated heterocycles. The normalized spacial score (nSPS) is 22.8. The van der Waals surface area contributed by atoms with Crippen LogP contribution in [0.15, 0.2) is 17.0 Å². The number of hydrogen-bond acceptors (Lipinski definition) is 5. The van der Waals surface area contributed by atoms with Crippen molar-refractivity contribution in [2.24, 2.45) is 5.92 Å². The summed E-state index contributed by atoms with van der Waals surface area (Å²) in [5.74, 6) is -0.0692. The zero-order valence-corrected chi connectivity index (χ0v) is 13.1.